The van der Waals surface area contributed by atoms with E-state index in [1.165, 1.54) is 0 Å². The second-order valence-electron chi connectivity index (χ2n) is 4.76. The van der Waals surface area contributed by atoms with Gasteiger partial charge in [-0.25, -0.2) is 8.42 Å². The van der Waals surface area contributed by atoms with Crippen molar-refractivity contribution in [2.75, 3.05) is 24.6 Å². The third-order valence-corrected chi connectivity index (χ3v) is 2.95. The molecule has 0 heterocycles. The van der Waals surface area contributed by atoms with Crippen LogP contribution in [-0.4, -0.2) is 50.5 Å². The van der Waals surface area contributed by atoms with Gasteiger partial charge in [0.1, 0.15) is 17.1 Å². The van der Waals surface area contributed by atoms with E-state index in [1.807, 2.05) is 0 Å². The summed E-state index contributed by atoms with van der Waals surface area (Å²) in [6, 6.07) is 0. The number of hydrogen-bond acceptors (Lipinski definition) is 6. The van der Waals surface area contributed by atoms with Crippen molar-refractivity contribution in [1.29, 1.82) is 0 Å². The third kappa shape index (κ3) is 8.94. The molecule has 0 aliphatic carbocycles. The molecule has 3 N–H and O–H groups in total. The van der Waals surface area contributed by atoms with Crippen LogP contribution in [0.3, 0.4) is 0 Å². The Morgan fingerprint density at radius 3 is 2.22 bits per heavy atom. The van der Waals surface area contributed by atoms with Crippen LogP contribution >= 0.6 is 0 Å². The Hall–Kier alpha value is -1.15. The first-order valence-corrected chi connectivity index (χ1v) is 7.27. The molecule has 18 heavy (non-hydrogen) atoms. The van der Waals surface area contributed by atoms with E-state index < -0.39 is 38.8 Å². The molecule has 0 spiro atoms. The molecule has 7 nitrogen and oxygen atoms in total. The molecule has 0 aromatic carbocycles. The predicted molar refractivity (Wildman–Crippen MR) is 66.6 cm³/mol. The lowest BCUT2D eigenvalue weighted by Gasteiger charge is -2.19. The summed E-state index contributed by atoms with van der Waals surface area (Å²) >= 11 is 0. The van der Waals surface area contributed by atoms with Gasteiger partial charge in [0.15, 0.2) is 9.84 Å². The minimum atomic E-state index is -3.81. The summed E-state index contributed by atoms with van der Waals surface area (Å²) < 4.78 is 27.9. The van der Waals surface area contributed by atoms with E-state index in [1.54, 1.807) is 20.8 Å². The average Bonchev–Trinajstić information content (AvgIpc) is 2.09. The van der Waals surface area contributed by atoms with Crippen molar-refractivity contribution in [3.63, 3.8) is 0 Å². The van der Waals surface area contributed by atoms with E-state index in [0.717, 1.165) is 0 Å². The van der Waals surface area contributed by atoms with E-state index in [9.17, 15) is 18.0 Å². The van der Waals surface area contributed by atoms with Crippen molar-refractivity contribution >= 4 is 21.7 Å². The van der Waals surface area contributed by atoms with Crippen molar-refractivity contribution in [1.82, 2.24) is 5.32 Å². The summed E-state index contributed by atoms with van der Waals surface area (Å²) in [5.74, 6) is -3.09. The number of esters is 1. The van der Waals surface area contributed by atoms with Crippen molar-refractivity contribution < 1.29 is 22.7 Å². The van der Waals surface area contributed by atoms with Crippen molar-refractivity contribution in [3.05, 3.63) is 0 Å². The Morgan fingerprint density at radius 2 is 1.78 bits per heavy atom. The van der Waals surface area contributed by atoms with Crippen LogP contribution in [0.25, 0.3) is 0 Å². The molecular formula is C10H20N2O5S. The maximum absolute atomic E-state index is 11.5. The molecule has 0 aliphatic rings. The Bertz CT molecular complexity index is 397. The molecule has 106 valence electrons. The molecule has 1 amide bonds. The SMILES string of the molecule is CC(C)(C)OC(=O)CS(=O)(=O)CC(=O)NCCN. The largest absolute Gasteiger partial charge is 0.459 e. The van der Waals surface area contributed by atoms with Crippen LogP contribution in [0, 0.1) is 0 Å². The van der Waals surface area contributed by atoms with Crippen molar-refractivity contribution in [3.8, 4) is 0 Å². The summed E-state index contributed by atoms with van der Waals surface area (Å²) in [5.41, 5.74) is 4.40. The summed E-state index contributed by atoms with van der Waals surface area (Å²) in [5, 5.41) is 2.31. The van der Waals surface area contributed by atoms with E-state index >= 15 is 0 Å². The maximum atomic E-state index is 11.5. The topological polar surface area (TPSA) is 116 Å². The molecule has 0 unspecified atom stereocenters. The molecule has 0 rings (SSSR count). The first-order valence-electron chi connectivity index (χ1n) is 5.45. The van der Waals surface area contributed by atoms with E-state index in [4.69, 9.17) is 10.5 Å². The van der Waals surface area contributed by atoms with Crippen LogP contribution in [0.2, 0.25) is 0 Å². The molecule has 0 fully saturated rings. The first-order chi connectivity index (χ1) is 8.06. The minimum absolute atomic E-state index is 0.195. The van der Waals surface area contributed by atoms with E-state index in [-0.39, 0.29) is 13.1 Å². The number of amides is 1. The normalized spacial score (nSPS) is 12.0. The van der Waals surface area contributed by atoms with E-state index in [0.29, 0.717) is 0 Å². The van der Waals surface area contributed by atoms with Gasteiger partial charge in [-0.1, -0.05) is 0 Å². The molecule has 0 saturated carbocycles. The van der Waals surface area contributed by atoms with Crippen LogP contribution < -0.4 is 11.1 Å². The Kier molecular flexibility index (Phi) is 6.27. The third-order valence-electron chi connectivity index (χ3n) is 1.58. The quantitative estimate of drug-likeness (QED) is 0.592. The van der Waals surface area contributed by atoms with Gasteiger partial charge >= 0.3 is 5.97 Å². The highest BCUT2D eigenvalue weighted by atomic mass is 32.2. The molecule has 0 saturated heterocycles. The average molecular weight is 280 g/mol. The fourth-order valence-electron chi connectivity index (χ4n) is 1.06. The van der Waals surface area contributed by atoms with Gasteiger partial charge in [-0.3, -0.25) is 9.59 Å². The highest BCUT2D eigenvalue weighted by Gasteiger charge is 2.24. The zero-order chi connectivity index (χ0) is 14.4. The van der Waals surface area contributed by atoms with Crippen molar-refractivity contribution in [2.24, 2.45) is 5.73 Å². The Labute approximate surface area is 107 Å². The number of nitrogens with one attached hydrogen (secondary N) is 1. The smallest absolute Gasteiger partial charge is 0.321 e. The number of ether oxygens (including phenoxy) is 1. The fourth-order valence-corrected chi connectivity index (χ4v) is 2.09. The maximum Gasteiger partial charge on any atom is 0.321 e. The summed E-state index contributed by atoms with van der Waals surface area (Å²) in [4.78, 5) is 22.5. The molecular weight excluding hydrogens is 260 g/mol. The van der Waals surface area contributed by atoms with Crippen molar-refractivity contribution in [2.45, 2.75) is 26.4 Å². The number of sulfone groups is 1. The summed E-state index contributed by atoms with van der Waals surface area (Å²) in [6.45, 7) is 5.31. The Balaban J connectivity index is 4.32. The van der Waals surface area contributed by atoms with Gasteiger partial charge in [-0.05, 0) is 20.8 Å². The minimum Gasteiger partial charge on any atom is -0.459 e. The van der Waals surface area contributed by atoms with Gasteiger partial charge in [-0.15, -0.1) is 0 Å². The van der Waals surface area contributed by atoms with Gasteiger partial charge in [-0.2, -0.15) is 0 Å². The lowest BCUT2D eigenvalue weighted by molar-refractivity contribution is -0.151. The number of nitrogens with two attached hydrogens (primary N) is 1. The first kappa shape index (κ1) is 16.9. The summed E-state index contributed by atoms with van der Waals surface area (Å²) in [7, 11) is -3.81. The van der Waals surface area contributed by atoms with Gasteiger partial charge in [0, 0.05) is 13.1 Å². The number of rotatable bonds is 6. The van der Waals surface area contributed by atoms with Crippen LogP contribution in [0.15, 0.2) is 0 Å². The van der Waals surface area contributed by atoms with Gasteiger partial charge in [0.25, 0.3) is 0 Å². The van der Waals surface area contributed by atoms with Gasteiger partial charge < -0.3 is 15.8 Å². The molecule has 0 aromatic rings. The number of carbonyl (C=O) groups is 2. The molecule has 0 bridgehead atoms. The molecule has 0 radical (unpaired) electrons. The molecule has 0 aromatic heterocycles. The van der Waals surface area contributed by atoms with Crippen LogP contribution in [0.1, 0.15) is 20.8 Å². The number of hydrogen-bond donors (Lipinski definition) is 2. The zero-order valence-electron chi connectivity index (χ0n) is 10.9. The number of carbonyl (C=O) groups excluding carboxylic acids is 2. The van der Waals surface area contributed by atoms with Crippen LogP contribution in [-0.2, 0) is 24.2 Å². The van der Waals surface area contributed by atoms with Gasteiger partial charge in [0.05, 0.1) is 0 Å². The fraction of sp³-hybridized carbons (Fsp3) is 0.800. The lowest BCUT2D eigenvalue weighted by atomic mass is 10.2. The molecule has 8 heteroatoms. The molecule has 0 aliphatic heterocycles. The highest BCUT2D eigenvalue weighted by Crippen LogP contribution is 2.07. The second kappa shape index (κ2) is 6.69. The second-order valence-corrected chi connectivity index (χ2v) is 6.82. The molecule has 0 atom stereocenters. The highest BCUT2D eigenvalue weighted by molar-refractivity contribution is 7.92. The van der Waals surface area contributed by atoms with Gasteiger partial charge in [0.2, 0.25) is 5.91 Å². The van der Waals surface area contributed by atoms with E-state index in [2.05, 4.69) is 5.32 Å². The van der Waals surface area contributed by atoms with Crippen LogP contribution in [0.4, 0.5) is 0 Å². The Morgan fingerprint density at radius 1 is 1.22 bits per heavy atom. The standard InChI is InChI=1S/C10H20N2O5S/c1-10(2,3)17-9(14)7-18(15,16)6-8(13)12-5-4-11/h4-7,11H2,1-3H3,(H,12,13). The van der Waals surface area contributed by atoms with Crippen LogP contribution in [0.5, 0.6) is 0 Å². The lowest BCUT2D eigenvalue weighted by Crippen LogP contribution is -2.36. The monoisotopic (exact) mass is 280 g/mol. The zero-order valence-corrected chi connectivity index (χ0v) is 11.7. The predicted octanol–water partition coefficient (Wildman–Crippen LogP) is -1.18. The summed E-state index contributed by atoms with van der Waals surface area (Å²) in [6.07, 6.45) is 0.